The van der Waals surface area contributed by atoms with Crippen LogP contribution in [0.15, 0.2) is 29.0 Å². The van der Waals surface area contributed by atoms with E-state index in [-0.39, 0.29) is 8.80 Å². The highest BCUT2D eigenvalue weighted by Gasteiger charge is 2.05. The number of hydrogen-bond acceptors (Lipinski definition) is 2. The van der Waals surface area contributed by atoms with Gasteiger partial charge in [-0.15, -0.1) is 0 Å². The van der Waals surface area contributed by atoms with Crippen LogP contribution in [0.1, 0.15) is 0 Å². The van der Waals surface area contributed by atoms with Gasteiger partial charge >= 0.3 is 0 Å². The van der Waals surface area contributed by atoms with E-state index < -0.39 is 0 Å². The van der Waals surface area contributed by atoms with Gasteiger partial charge in [0.1, 0.15) is 12.4 Å². The molecule has 0 bridgehead atoms. The highest BCUT2D eigenvalue weighted by molar-refractivity contribution is 9.10. The lowest BCUT2D eigenvalue weighted by molar-refractivity contribution is 0.0902. The predicted octanol–water partition coefficient (Wildman–Crippen LogP) is 3.53. The number of pyridine rings is 1. The van der Waals surface area contributed by atoms with E-state index in [1.165, 1.54) is 6.04 Å². The summed E-state index contributed by atoms with van der Waals surface area (Å²) in [6.45, 7) is 6.03. The van der Waals surface area contributed by atoms with Crippen LogP contribution in [0.3, 0.4) is 0 Å². The molecule has 0 saturated heterocycles. The predicted molar refractivity (Wildman–Crippen MR) is 75.7 cm³/mol. The number of rotatable bonds is 5. The van der Waals surface area contributed by atoms with Gasteiger partial charge in [-0.1, -0.05) is 13.1 Å². The van der Waals surface area contributed by atoms with Crippen molar-refractivity contribution in [2.45, 2.75) is 25.9 Å². The maximum absolute atomic E-state index is 5.67. The van der Waals surface area contributed by atoms with E-state index in [0.29, 0.717) is 6.73 Å². The Morgan fingerprint density at radius 1 is 1.41 bits per heavy atom. The largest absolute Gasteiger partial charge is 0.361 e. The molecule has 0 spiro atoms. The second-order valence-electron chi connectivity index (χ2n) is 4.31. The number of nitrogens with zero attached hydrogens (tertiary/aromatic N) is 2. The zero-order valence-electron chi connectivity index (χ0n) is 10.1. The van der Waals surface area contributed by atoms with Crippen LogP contribution < -0.4 is 0 Å². The number of aromatic nitrogens is 2. The van der Waals surface area contributed by atoms with Crippen molar-refractivity contribution >= 4 is 35.8 Å². The number of hydrogen-bond donors (Lipinski definition) is 0. The molecule has 0 amide bonds. The summed E-state index contributed by atoms with van der Waals surface area (Å²) in [4.78, 5) is 4.38. The van der Waals surface area contributed by atoms with Gasteiger partial charge in [0.05, 0.1) is 0 Å². The minimum Gasteiger partial charge on any atom is -0.361 e. The van der Waals surface area contributed by atoms with Crippen LogP contribution in [-0.4, -0.2) is 25.0 Å². The Morgan fingerprint density at radius 2 is 2.24 bits per heavy atom. The van der Waals surface area contributed by atoms with Gasteiger partial charge in [-0.2, -0.15) is 0 Å². The normalized spacial score (nSPS) is 11.5. The molecular formula is C12H16BrN2OSi. The van der Waals surface area contributed by atoms with Gasteiger partial charge in [-0.3, -0.25) is 0 Å². The lowest BCUT2D eigenvalue weighted by Crippen LogP contribution is -2.08. The summed E-state index contributed by atoms with van der Waals surface area (Å²) in [6, 6.07) is 5.21. The van der Waals surface area contributed by atoms with E-state index in [2.05, 4.69) is 40.1 Å². The van der Waals surface area contributed by atoms with Crippen LogP contribution in [0.4, 0.5) is 0 Å². The van der Waals surface area contributed by atoms with E-state index in [1.807, 2.05) is 23.0 Å². The zero-order valence-corrected chi connectivity index (χ0v) is 12.7. The molecule has 0 aliphatic heterocycles. The molecule has 0 aromatic carbocycles. The summed E-state index contributed by atoms with van der Waals surface area (Å²) in [7, 11) is -0.181. The van der Waals surface area contributed by atoms with Crippen LogP contribution in [0, 0.1) is 0 Å². The Morgan fingerprint density at radius 3 is 3.00 bits per heavy atom. The van der Waals surface area contributed by atoms with E-state index >= 15 is 0 Å². The standard InChI is InChI=1S/C12H16BrN2OSi/c1-17(2)8-7-16-9-15-6-4-10-11(13)3-5-14-12(10)15/h3-6H,7-9H2,1-2H3. The minimum absolute atomic E-state index is 0.181. The Balaban J connectivity index is 2.02. The second kappa shape index (κ2) is 5.80. The van der Waals surface area contributed by atoms with Crippen LogP contribution >= 0.6 is 15.9 Å². The fraction of sp³-hybridized carbons (Fsp3) is 0.417. The van der Waals surface area contributed by atoms with Gasteiger partial charge in [0.2, 0.25) is 0 Å². The molecule has 17 heavy (non-hydrogen) atoms. The van der Waals surface area contributed by atoms with Crippen LogP contribution in [-0.2, 0) is 11.5 Å². The van der Waals surface area contributed by atoms with Crippen molar-refractivity contribution in [2.24, 2.45) is 0 Å². The molecule has 5 heteroatoms. The quantitative estimate of drug-likeness (QED) is 0.624. The third-order valence-electron chi connectivity index (χ3n) is 2.59. The van der Waals surface area contributed by atoms with Gasteiger partial charge in [0, 0.05) is 37.7 Å². The second-order valence-corrected chi connectivity index (χ2v) is 8.08. The first kappa shape index (κ1) is 12.8. The average Bonchev–Trinajstić information content (AvgIpc) is 2.69. The van der Waals surface area contributed by atoms with Crippen LogP contribution in [0.25, 0.3) is 11.0 Å². The van der Waals surface area contributed by atoms with Crippen LogP contribution in [0.5, 0.6) is 0 Å². The Labute approximate surface area is 112 Å². The number of fused-ring (bicyclic) bond motifs is 1. The van der Waals surface area contributed by atoms with E-state index in [9.17, 15) is 0 Å². The topological polar surface area (TPSA) is 27.1 Å². The Bertz CT molecular complexity index is 498. The first-order valence-electron chi connectivity index (χ1n) is 5.64. The summed E-state index contributed by atoms with van der Waals surface area (Å²) in [5.41, 5.74) is 0.970. The number of halogens is 1. The summed E-state index contributed by atoms with van der Waals surface area (Å²) in [5, 5.41) is 1.13. The van der Waals surface area contributed by atoms with E-state index in [1.54, 1.807) is 0 Å². The molecule has 2 heterocycles. The molecule has 2 aromatic rings. The molecule has 0 atom stereocenters. The molecular weight excluding hydrogens is 296 g/mol. The average molecular weight is 312 g/mol. The third-order valence-corrected chi connectivity index (χ3v) is 4.48. The van der Waals surface area contributed by atoms with E-state index in [0.717, 1.165) is 22.1 Å². The zero-order chi connectivity index (χ0) is 12.3. The first-order valence-corrected chi connectivity index (χ1v) is 9.14. The molecule has 0 saturated carbocycles. The van der Waals surface area contributed by atoms with Gasteiger partial charge in [0.25, 0.3) is 0 Å². The number of ether oxygens (including phenoxy) is 1. The SMILES string of the molecule is C[Si](C)CCOCn1ccc2c(Br)ccnc21. The van der Waals surface area contributed by atoms with Gasteiger partial charge in [-0.25, -0.2) is 4.98 Å². The lowest BCUT2D eigenvalue weighted by atomic mass is 10.3. The molecule has 0 fully saturated rings. The molecule has 0 aliphatic carbocycles. The fourth-order valence-corrected chi connectivity index (χ4v) is 2.58. The fourth-order valence-electron chi connectivity index (χ4n) is 1.60. The first-order chi connectivity index (χ1) is 8.18. The lowest BCUT2D eigenvalue weighted by Gasteiger charge is -2.07. The molecule has 0 N–H and O–H groups in total. The smallest absolute Gasteiger partial charge is 0.142 e. The summed E-state index contributed by atoms with van der Waals surface area (Å²) < 4.78 is 8.79. The molecule has 0 aliphatic rings. The summed E-state index contributed by atoms with van der Waals surface area (Å²) >= 11 is 3.52. The maximum Gasteiger partial charge on any atom is 0.142 e. The highest BCUT2D eigenvalue weighted by Crippen LogP contribution is 2.22. The molecule has 1 radical (unpaired) electrons. The van der Waals surface area contributed by atoms with Crippen molar-refractivity contribution < 1.29 is 4.74 Å². The molecule has 0 unspecified atom stereocenters. The summed E-state index contributed by atoms with van der Waals surface area (Å²) in [6.07, 6.45) is 3.83. The van der Waals surface area contributed by atoms with Gasteiger partial charge in [0.15, 0.2) is 0 Å². The van der Waals surface area contributed by atoms with Crippen molar-refractivity contribution in [3.05, 3.63) is 29.0 Å². The van der Waals surface area contributed by atoms with Crippen LogP contribution in [0.2, 0.25) is 19.1 Å². The Kier molecular flexibility index (Phi) is 4.36. The maximum atomic E-state index is 5.67. The molecule has 2 rings (SSSR count). The van der Waals surface area contributed by atoms with Crippen molar-refractivity contribution in [3.63, 3.8) is 0 Å². The summed E-state index contributed by atoms with van der Waals surface area (Å²) in [5.74, 6) is 0. The molecule has 91 valence electrons. The molecule has 2 aromatic heterocycles. The van der Waals surface area contributed by atoms with Gasteiger partial charge in [-0.05, 0) is 34.1 Å². The Hall–Kier alpha value is -0.653. The van der Waals surface area contributed by atoms with Crippen molar-refractivity contribution in [2.75, 3.05) is 6.61 Å². The van der Waals surface area contributed by atoms with Crippen molar-refractivity contribution in [3.8, 4) is 0 Å². The minimum atomic E-state index is -0.181. The monoisotopic (exact) mass is 311 g/mol. The highest BCUT2D eigenvalue weighted by atomic mass is 79.9. The van der Waals surface area contributed by atoms with E-state index in [4.69, 9.17) is 4.74 Å². The van der Waals surface area contributed by atoms with Gasteiger partial charge < -0.3 is 9.30 Å². The molecule has 3 nitrogen and oxygen atoms in total. The van der Waals surface area contributed by atoms with Crippen molar-refractivity contribution in [1.29, 1.82) is 0 Å². The van der Waals surface area contributed by atoms with Crippen molar-refractivity contribution in [1.82, 2.24) is 9.55 Å². The third kappa shape index (κ3) is 3.17.